The van der Waals surface area contributed by atoms with Gasteiger partial charge in [0.05, 0.1) is 39.6 Å². The number of hydrogen-bond acceptors (Lipinski definition) is 26. The number of sulfonamides is 2. The SMILES string of the molecule is CC1(C)CCC(c2ccc(Cl)cc2)=C(CN2CCN(c3ccc(C(=O)NS(=O)(=O)c4ccc(N[C@H](CCN5CCC(C(=O)OCCCP(C)(=O)O)CC5)CSc5ccccc5)c(S(=O)(=O)C(F)(F)F)c4)cc3)CC2)C1.CC1(C)CCC(c2ccc(Cl)cc2)=C(CN2CCN(c3ccc(C(=O)NS(=O)(=O)c4ccc(N[C@H](CCN5CCC(C(=O)OCP(=O)(O)O)CC5)CSc5ccccc5)c(S(=O)(=O)C(F)(F)F)c4)cc3)CC2)C1. The van der Waals surface area contributed by atoms with Crippen LogP contribution in [-0.4, -0.2) is 257 Å². The molecule has 8 aromatic carbocycles. The number of piperidine rings is 2. The summed E-state index contributed by atoms with van der Waals surface area (Å²) < 4.78 is 230. The molecule has 0 aromatic heterocycles. The summed E-state index contributed by atoms with van der Waals surface area (Å²) in [5.41, 5.74) is -2.60. The molecule has 4 fully saturated rings. The van der Waals surface area contributed by atoms with Crippen LogP contribution in [0.2, 0.25) is 10.0 Å². The number of carbonyl (C=O) groups excluding carboxylic acids is 4. The van der Waals surface area contributed by atoms with E-state index in [4.69, 9.17) is 42.5 Å². The van der Waals surface area contributed by atoms with Gasteiger partial charge in [-0.2, -0.15) is 26.3 Å². The second-order valence-corrected chi connectivity index (χ2v) is 54.2. The number of alkyl halides is 6. The molecule has 4 aliphatic heterocycles. The maximum Gasteiger partial charge on any atom is 0.501 e. The van der Waals surface area contributed by atoms with Gasteiger partial charge < -0.3 is 54.4 Å². The number of sulfone groups is 2. The van der Waals surface area contributed by atoms with Gasteiger partial charge in [0.25, 0.3) is 51.5 Å². The predicted octanol–water partition coefficient (Wildman–Crippen LogP) is 18.9. The van der Waals surface area contributed by atoms with Gasteiger partial charge >= 0.3 is 30.6 Å². The summed E-state index contributed by atoms with van der Waals surface area (Å²) in [6.07, 6.45) is 7.72. The first-order chi connectivity index (χ1) is 69.7. The van der Waals surface area contributed by atoms with E-state index in [1.165, 1.54) is 87.9 Å². The highest BCUT2D eigenvalue weighted by atomic mass is 35.5. The van der Waals surface area contributed by atoms with Crippen molar-refractivity contribution in [3.05, 3.63) is 238 Å². The van der Waals surface area contributed by atoms with Crippen LogP contribution >= 0.6 is 61.7 Å². The number of piperazine rings is 2. The molecule has 1 unspecified atom stereocenters. The fourth-order valence-corrected chi connectivity index (χ4v) is 26.3. The lowest BCUT2D eigenvalue weighted by molar-refractivity contribution is -0.150. The third-order valence-electron chi connectivity index (χ3n) is 27.3. The van der Waals surface area contributed by atoms with Crippen molar-refractivity contribution in [2.75, 3.05) is 162 Å². The maximum atomic E-state index is 14.4. The average Bonchev–Trinajstić information content (AvgIpc) is 0.762. The number of amides is 2. The molecule has 0 saturated carbocycles. The van der Waals surface area contributed by atoms with Crippen LogP contribution in [0.5, 0.6) is 0 Å². The molecular formula is C103H126Cl2F6N10O19P2S6. The van der Waals surface area contributed by atoms with Gasteiger partial charge in [0.15, 0.2) is 13.7 Å². The van der Waals surface area contributed by atoms with Crippen molar-refractivity contribution in [1.29, 1.82) is 0 Å². The molecule has 45 heteroatoms. The fraction of sp³-hybridized carbons (Fsp3) is 0.456. The molecule has 2 amide bonds. The Kier molecular flexibility index (Phi) is 39.6. The van der Waals surface area contributed by atoms with Crippen molar-refractivity contribution in [1.82, 2.24) is 29.0 Å². The number of nitrogens with zero attached hydrogens (tertiary/aromatic N) is 6. The lowest BCUT2D eigenvalue weighted by Gasteiger charge is -2.39. The van der Waals surface area contributed by atoms with E-state index in [2.05, 4.69) is 87.1 Å². The number of nitrogens with one attached hydrogen (secondary N) is 4. The number of likely N-dealkylation sites (tertiary alicyclic amines) is 2. The molecule has 6 aliphatic rings. The zero-order valence-electron chi connectivity index (χ0n) is 82.8. The smallest absolute Gasteiger partial charge is 0.465 e. The summed E-state index contributed by atoms with van der Waals surface area (Å²) in [4.78, 5) is 90.2. The van der Waals surface area contributed by atoms with Gasteiger partial charge in [-0.15, -0.1) is 23.5 Å². The zero-order valence-corrected chi connectivity index (χ0v) is 91.0. The van der Waals surface area contributed by atoms with Gasteiger partial charge in [0, 0.05) is 157 Å². The molecule has 2 aliphatic carbocycles. The second-order valence-electron chi connectivity index (χ2n) is 39.9. The van der Waals surface area contributed by atoms with E-state index in [0.29, 0.717) is 120 Å². The Labute approximate surface area is 880 Å². The third-order valence-corrected chi connectivity index (χ3v) is 37.5. The monoisotopic (exact) mass is 2240 g/mol. The molecule has 8 aromatic rings. The third kappa shape index (κ3) is 33.1. The maximum absolute atomic E-state index is 14.4. The van der Waals surface area contributed by atoms with Crippen LogP contribution in [0.1, 0.15) is 143 Å². The van der Waals surface area contributed by atoms with Gasteiger partial charge in [0.1, 0.15) is 9.79 Å². The minimum absolute atomic E-state index is 0.0314. The Balaban J connectivity index is 0.000000247. The molecule has 3 atom stereocenters. The number of halogens is 8. The highest BCUT2D eigenvalue weighted by Gasteiger charge is 2.51. The summed E-state index contributed by atoms with van der Waals surface area (Å²) in [5.74, 6) is -3.65. The van der Waals surface area contributed by atoms with Crippen LogP contribution in [0.4, 0.5) is 49.1 Å². The number of allylic oxidation sites excluding steroid dienone is 2. The summed E-state index contributed by atoms with van der Waals surface area (Å²) >= 11 is 15.1. The van der Waals surface area contributed by atoms with Crippen LogP contribution in [0.15, 0.2) is 235 Å². The van der Waals surface area contributed by atoms with E-state index in [-0.39, 0.29) is 71.0 Å². The number of rotatable bonds is 40. The van der Waals surface area contributed by atoms with Crippen molar-refractivity contribution >= 4 is 159 Å². The molecule has 0 spiro atoms. The van der Waals surface area contributed by atoms with Crippen LogP contribution < -0.4 is 29.9 Å². The van der Waals surface area contributed by atoms with Gasteiger partial charge in [-0.1, -0.05) is 123 Å². The molecule has 29 nitrogen and oxygen atoms in total. The van der Waals surface area contributed by atoms with Gasteiger partial charge in [-0.3, -0.25) is 38.1 Å². The lowest BCUT2D eigenvalue weighted by atomic mass is 9.72. The number of thioether (sulfide) groups is 2. The molecule has 148 heavy (non-hydrogen) atoms. The van der Waals surface area contributed by atoms with Crippen LogP contribution in [-0.2, 0) is 67.9 Å². The van der Waals surface area contributed by atoms with E-state index in [1.807, 2.05) is 87.1 Å². The summed E-state index contributed by atoms with van der Waals surface area (Å²) in [6, 6.07) is 50.3. The van der Waals surface area contributed by atoms with Crippen molar-refractivity contribution in [2.24, 2.45) is 22.7 Å². The zero-order chi connectivity index (χ0) is 107. The lowest BCUT2D eigenvalue weighted by Crippen LogP contribution is -2.47. The van der Waals surface area contributed by atoms with E-state index >= 15 is 0 Å². The average molecular weight is 2250 g/mol. The quantitative estimate of drug-likeness (QED) is 0.00616. The molecular weight excluding hydrogens is 2120 g/mol. The Bertz CT molecular complexity index is 6620. The van der Waals surface area contributed by atoms with Crippen molar-refractivity contribution in [3.63, 3.8) is 0 Å². The number of ether oxygens (including phenoxy) is 2. The number of esters is 2. The number of carbonyl (C=O) groups is 4. The van der Waals surface area contributed by atoms with E-state index < -0.39 is 139 Å². The molecule has 804 valence electrons. The van der Waals surface area contributed by atoms with Gasteiger partial charge in [0.2, 0.25) is 0 Å². The number of anilines is 4. The summed E-state index contributed by atoms with van der Waals surface area (Å²) in [5, 5.41) is 7.32. The van der Waals surface area contributed by atoms with Crippen molar-refractivity contribution in [2.45, 2.75) is 164 Å². The molecule has 7 N–H and O–H groups in total. The Morgan fingerprint density at radius 1 is 0.473 bits per heavy atom. The van der Waals surface area contributed by atoms with E-state index in [1.54, 1.807) is 36.4 Å². The minimum atomic E-state index is -6.16. The van der Waals surface area contributed by atoms with Crippen LogP contribution in [0.25, 0.3) is 11.1 Å². The molecule has 14 rings (SSSR count). The van der Waals surface area contributed by atoms with Crippen molar-refractivity contribution < 1.29 is 112 Å². The Hall–Kier alpha value is -8.84. The summed E-state index contributed by atoms with van der Waals surface area (Å²) in [6.45, 7) is 20.8. The first-order valence-corrected chi connectivity index (χ1v) is 61.6. The van der Waals surface area contributed by atoms with Gasteiger partial charge in [-0.05, 0) is 276 Å². The number of benzene rings is 8. The highest BCUT2D eigenvalue weighted by molar-refractivity contribution is 7.99. The largest absolute Gasteiger partial charge is 0.501 e. The second kappa shape index (κ2) is 50.4. The molecule has 4 heterocycles. The molecule has 0 bridgehead atoms. The van der Waals surface area contributed by atoms with Crippen LogP contribution in [0.3, 0.4) is 0 Å². The minimum Gasteiger partial charge on any atom is -0.465 e. The highest BCUT2D eigenvalue weighted by Crippen LogP contribution is 2.47. The molecule has 4 saturated heterocycles. The Morgan fingerprint density at radius 3 is 1.18 bits per heavy atom. The van der Waals surface area contributed by atoms with Gasteiger partial charge in [-0.25, -0.2) is 43.1 Å². The normalized spacial score (nSPS) is 18.3. The van der Waals surface area contributed by atoms with E-state index in [9.17, 15) is 93.2 Å². The fourth-order valence-electron chi connectivity index (χ4n) is 19.0. The topological polar surface area (TPSA) is 386 Å². The standard InChI is InChI=1S/C53H66ClF3N5O9PS3.C50H60ClF3N5O10PS3/c1-52(2)24-20-47(38-10-14-42(54)15-11-38)41(35-52)36-61-28-30-62(31-29-61)44-16-12-39(13-17-44)50(63)59-75(69,70)46-18-19-48(49(34-46)74(67,68)53(55,56)57)58-43(37-73-45-8-5-4-6-9-45)23-27-60-25-21-40(22-26-60)51(64)71-32-7-33-72(3,65)66;1-49(2)22-18-44(35-8-12-39(51)13-9-35)38(31-49)32-58-26-28-59(29-27-58)41-14-10-36(11-15-41)47(60)56-73(67,68)43-16-17-45(46(30-43)72(65,66)50(52,53)54)55-40(33-71-42-6-4-3-5-7-42)21-25-57-23-19-37(20-24-57)48(61)69-34-70(62,63)64/h4-6,8-19,34,40,43,58H,7,20-33,35-37H2,1-3H3,(H,59,63)(H,65,66);3-17,30,37,40,55H,18-29,31-34H2,1-2H3,(H,56,60)(H2,62,63,64)/t43-;40-/m11/s1. The molecule has 0 radical (unpaired) electrons. The Morgan fingerprint density at radius 2 is 0.831 bits per heavy atom. The van der Waals surface area contributed by atoms with Crippen LogP contribution in [0, 0.1) is 22.7 Å². The predicted molar refractivity (Wildman–Crippen MR) is 567 cm³/mol. The van der Waals surface area contributed by atoms with E-state index in [0.717, 1.165) is 123 Å². The van der Waals surface area contributed by atoms with Crippen molar-refractivity contribution in [3.8, 4) is 0 Å². The number of hydrogen-bond donors (Lipinski definition) is 7. The first kappa shape index (κ1) is 116. The summed E-state index contributed by atoms with van der Waals surface area (Å²) in [7, 11) is -29.9. The first-order valence-electron chi connectivity index (χ1n) is 48.9.